The lowest BCUT2D eigenvalue weighted by Crippen LogP contribution is -2.12. The fourth-order valence-corrected chi connectivity index (χ4v) is 8.52. The molecule has 0 aliphatic rings. The molecule has 0 spiro atoms. The Morgan fingerprint density at radius 2 is 0.982 bits per heavy atom. The van der Waals surface area contributed by atoms with E-state index in [0.29, 0.717) is 0 Å². The molecule has 0 aliphatic carbocycles. The molecule has 0 bridgehead atoms. The molecule has 2 heterocycles. The maximum Gasteiger partial charge on any atom is 0.159 e. The third-order valence-electron chi connectivity index (χ3n) is 11.0. The van der Waals surface area contributed by atoms with Gasteiger partial charge in [0, 0.05) is 38.5 Å². The summed E-state index contributed by atoms with van der Waals surface area (Å²) in [4.78, 5) is 2.38. The highest BCUT2D eigenvalue weighted by atomic mass is 16.3. The van der Waals surface area contributed by atoms with Gasteiger partial charge in [-0.1, -0.05) is 152 Å². The van der Waals surface area contributed by atoms with Crippen molar-refractivity contribution in [2.75, 3.05) is 4.90 Å². The molecule has 55 heavy (non-hydrogen) atoms. The van der Waals surface area contributed by atoms with E-state index in [4.69, 9.17) is 4.42 Å². The van der Waals surface area contributed by atoms with Crippen LogP contribution in [-0.2, 0) is 0 Å². The van der Waals surface area contributed by atoms with E-state index in [1.165, 1.54) is 38.1 Å². The number of benzene rings is 9. The number of anilines is 3. The summed E-state index contributed by atoms with van der Waals surface area (Å²) in [6, 6.07) is 74.0. The van der Waals surface area contributed by atoms with Crippen molar-refractivity contribution in [2.45, 2.75) is 0 Å². The molecule has 258 valence electrons. The lowest BCUT2D eigenvalue weighted by Gasteiger charge is -2.29. The normalized spacial score (nSPS) is 11.6. The molecule has 3 nitrogen and oxygen atoms in total. The van der Waals surface area contributed by atoms with Crippen molar-refractivity contribution in [3.63, 3.8) is 0 Å². The molecule has 0 aliphatic heterocycles. The smallest absolute Gasteiger partial charge is 0.159 e. The minimum absolute atomic E-state index is 0.854. The SMILES string of the molecule is c1ccc(-c2cccc(N(c3ccccc3-c3cc(-n4c5ccccc5c5ccccc54)cc4ccccc34)c3cccc4c3oc3ccccc34)c2)cc1. The van der Waals surface area contributed by atoms with E-state index >= 15 is 0 Å². The van der Waals surface area contributed by atoms with Crippen molar-refractivity contribution in [3.05, 3.63) is 206 Å². The van der Waals surface area contributed by atoms with Crippen LogP contribution in [0.3, 0.4) is 0 Å². The first kappa shape index (κ1) is 31.2. The van der Waals surface area contributed by atoms with Crippen LogP contribution in [0.2, 0.25) is 0 Å². The van der Waals surface area contributed by atoms with Crippen LogP contribution in [0.1, 0.15) is 0 Å². The molecule has 2 aromatic heterocycles. The molecule has 0 radical (unpaired) electrons. The standard InChI is InChI=1S/C52H34N2O/c1-2-16-35(17-3-1)36-19-14-20-38(32-36)53(50-30-15-26-45-44-25-9-13-31-51(44)55-52(45)50)49-29-12-8-24-43(49)46-34-39(33-37-18-4-5-21-40(37)46)54-47-27-10-6-22-41(47)42-23-7-11-28-48(42)54/h1-34H. The highest BCUT2D eigenvalue weighted by Crippen LogP contribution is 2.47. The van der Waals surface area contributed by atoms with E-state index in [0.717, 1.165) is 61.4 Å². The largest absolute Gasteiger partial charge is 0.454 e. The number of aromatic nitrogens is 1. The Kier molecular flexibility index (Phi) is 7.17. The first-order valence-corrected chi connectivity index (χ1v) is 18.8. The number of furan rings is 1. The van der Waals surface area contributed by atoms with Crippen LogP contribution in [-0.4, -0.2) is 4.57 Å². The number of nitrogens with zero attached hydrogens (tertiary/aromatic N) is 2. The van der Waals surface area contributed by atoms with Crippen molar-refractivity contribution >= 4 is 71.6 Å². The fraction of sp³-hybridized carbons (Fsp3) is 0. The van der Waals surface area contributed by atoms with Crippen LogP contribution >= 0.6 is 0 Å². The molecule has 0 saturated heterocycles. The van der Waals surface area contributed by atoms with E-state index in [9.17, 15) is 0 Å². The van der Waals surface area contributed by atoms with Gasteiger partial charge in [0.1, 0.15) is 5.58 Å². The summed E-state index contributed by atoms with van der Waals surface area (Å²) < 4.78 is 9.16. The van der Waals surface area contributed by atoms with Gasteiger partial charge in [0.2, 0.25) is 0 Å². The second-order valence-electron chi connectivity index (χ2n) is 14.1. The maximum atomic E-state index is 6.74. The molecular weight excluding hydrogens is 669 g/mol. The molecule has 0 fully saturated rings. The number of hydrogen-bond donors (Lipinski definition) is 0. The molecule has 9 aromatic carbocycles. The third kappa shape index (κ3) is 5.05. The molecule has 0 N–H and O–H groups in total. The minimum atomic E-state index is 0.854. The van der Waals surface area contributed by atoms with Gasteiger partial charge in [0.25, 0.3) is 0 Å². The quantitative estimate of drug-likeness (QED) is 0.172. The molecule has 11 aromatic rings. The highest BCUT2D eigenvalue weighted by molar-refractivity contribution is 6.12. The van der Waals surface area contributed by atoms with E-state index in [-0.39, 0.29) is 0 Å². The number of para-hydroxylation sites is 5. The van der Waals surface area contributed by atoms with Crippen LogP contribution in [0, 0.1) is 0 Å². The van der Waals surface area contributed by atoms with Crippen molar-refractivity contribution in [1.29, 1.82) is 0 Å². The predicted octanol–water partition coefficient (Wildman–Crippen LogP) is 14.6. The van der Waals surface area contributed by atoms with Gasteiger partial charge >= 0.3 is 0 Å². The molecule has 0 unspecified atom stereocenters. The Morgan fingerprint density at radius 1 is 0.382 bits per heavy atom. The third-order valence-corrected chi connectivity index (χ3v) is 11.0. The van der Waals surface area contributed by atoms with Crippen LogP contribution in [0.5, 0.6) is 0 Å². The highest BCUT2D eigenvalue weighted by Gasteiger charge is 2.24. The Labute approximate surface area is 318 Å². The Morgan fingerprint density at radius 3 is 1.80 bits per heavy atom. The second kappa shape index (κ2) is 12.6. The lowest BCUT2D eigenvalue weighted by atomic mass is 9.94. The van der Waals surface area contributed by atoms with Gasteiger partial charge in [-0.25, -0.2) is 0 Å². The topological polar surface area (TPSA) is 21.3 Å². The van der Waals surface area contributed by atoms with Gasteiger partial charge in [-0.05, 0) is 82.1 Å². The molecule has 0 atom stereocenters. The van der Waals surface area contributed by atoms with E-state index in [1.54, 1.807) is 0 Å². The Hall–Kier alpha value is -7.36. The van der Waals surface area contributed by atoms with Gasteiger partial charge in [0.15, 0.2) is 5.58 Å². The summed E-state index contributed by atoms with van der Waals surface area (Å²) in [5.74, 6) is 0. The summed E-state index contributed by atoms with van der Waals surface area (Å²) in [6.45, 7) is 0. The number of hydrogen-bond acceptors (Lipinski definition) is 2. The zero-order valence-electron chi connectivity index (χ0n) is 29.9. The van der Waals surface area contributed by atoms with Gasteiger partial charge < -0.3 is 13.9 Å². The van der Waals surface area contributed by atoms with E-state index in [2.05, 4.69) is 210 Å². The summed E-state index contributed by atoms with van der Waals surface area (Å²) in [5, 5.41) is 7.07. The average molecular weight is 703 g/mol. The van der Waals surface area contributed by atoms with Crippen LogP contribution < -0.4 is 4.90 Å². The monoisotopic (exact) mass is 702 g/mol. The van der Waals surface area contributed by atoms with E-state index in [1.807, 2.05) is 6.07 Å². The van der Waals surface area contributed by atoms with Crippen LogP contribution in [0.15, 0.2) is 211 Å². The maximum absolute atomic E-state index is 6.74. The number of fused-ring (bicyclic) bond motifs is 7. The van der Waals surface area contributed by atoms with Gasteiger partial charge in [-0.3, -0.25) is 0 Å². The van der Waals surface area contributed by atoms with Gasteiger partial charge in [-0.15, -0.1) is 0 Å². The molecular formula is C52H34N2O. The van der Waals surface area contributed by atoms with Crippen molar-refractivity contribution in [3.8, 4) is 27.9 Å². The number of rotatable bonds is 6. The second-order valence-corrected chi connectivity index (χ2v) is 14.1. The summed E-state index contributed by atoms with van der Waals surface area (Å²) >= 11 is 0. The van der Waals surface area contributed by atoms with Gasteiger partial charge in [0.05, 0.1) is 22.4 Å². The van der Waals surface area contributed by atoms with Crippen LogP contribution in [0.25, 0.3) is 82.5 Å². The predicted molar refractivity (Wildman–Crippen MR) is 231 cm³/mol. The molecule has 0 saturated carbocycles. The Balaban J connectivity index is 1.20. The fourth-order valence-electron chi connectivity index (χ4n) is 8.52. The zero-order valence-corrected chi connectivity index (χ0v) is 29.9. The van der Waals surface area contributed by atoms with E-state index < -0.39 is 0 Å². The lowest BCUT2D eigenvalue weighted by molar-refractivity contribution is 0.669. The average Bonchev–Trinajstić information content (AvgIpc) is 3.81. The van der Waals surface area contributed by atoms with Crippen molar-refractivity contribution < 1.29 is 4.42 Å². The first-order chi connectivity index (χ1) is 27.3. The molecule has 3 heteroatoms. The van der Waals surface area contributed by atoms with Crippen LogP contribution in [0.4, 0.5) is 17.1 Å². The summed E-state index contributed by atoms with van der Waals surface area (Å²) in [6.07, 6.45) is 0. The van der Waals surface area contributed by atoms with Crippen molar-refractivity contribution in [2.24, 2.45) is 0 Å². The minimum Gasteiger partial charge on any atom is -0.454 e. The first-order valence-electron chi connectivity index (χ1n) is 18.8. The molecule has 0 amide bonds. The Bertz CT molecular complexity index is 3170. The summed E-state index contributed by atoms with van der Waals surface area (Å²) in [5.41, 5.74) is 12.9. The summed E-state index contributed by atoms with van der Waals surface area (Å²) in [7, 11) is 0. The zero-order chi connectivity index (χ0) is 36.3. The van der Waals surface area contributed by atoms with Gasteiger partial charge in [-0.2, -0.15) is 0 Å². The van der Waals surface area contributed by atoms with Crippen molar-refractivity contribution in [1.82, 2.24) is 4.57 Å². The molecule has 11 rings (SSSR count).